The van der Waals surface area contributed by atoms with Crippen LogP contribution in [-0.2, 0) is 10.2 Å². The van der Waals surface area contributed by atoms with Crippen LogP contribution in [0.2, 0.25) is 0 Å². The predicted molar refractivity (Wildman–Crippen MR) is 147 cm³/mol. The molecule has 2 aliphatic rings. The third-order valence-electron chi connectivity index (χ3n) is 7.17. The van der Waals surface area contributed by atoms with Gasteiger partial charge in [-0.15, -0.1) is 0 Å². The number of amides is 1. The molecule has 5 rings (SSSR count). The molecule has 1 amide bonds. The molecular formula is C29H36N6O. The monoisotopic (exact) mass is 484 g/mol. The highest BCUT2D eigenvalue weighted by atomic mass is 16.2. The van der Waals surface area contributed by atoms with Crippen LogP contribution >= 0.6 is 0 Å². The SMILES string of the molecule is C=C1NC(=O)C(CN2CCN(c3cccc4[nH]c(-c5ccc(C(C)(C)C)cc5)nc34)CC2)=CN1CC. The van der Waals surface area contributed by atoms with Crippen LogP contribution in [0.1, 0.15) is 33.3 Å². The fourth-order valence-electron chi connectivity index (χ4n) is 4.93. The third kappa shape index (κ3) is 4.75. The van der Waals surface area contributed by atoms with Gasteiger partial charge in [-0.1, -0.05) is 57.7 Å². The van der Waals surface area contributed by atoms with Crippen molar-refractivity contribution in [1.29, 1.82) is 0 Å². The number of carbonyl (C=O) groups is 1. The van der Waals surface area contributed by atoms with Gasteiger partial charge in [0.25, 0.3) is 5.91 Å². The van der Waals surface area contributed by atoms with Gasteiger partial charge in [0.15, 0.2) is 0 Å². The summed E-state index contributed by atoms with van der Waals surface area (Å²) < 4.78 is 0. The highest BCUT2D eigenvalue weighted by Crippen LogP contribution is 2.30. The lowest BCUT2D eigenvalue weighted by atomic mass is 9.87. The summed E-state index contributed by atoms with van der Waals surface area (Å²) in [6.07, 6.45) is 1.94. The average molecular weight is 485 g/mol. The van der Waals surface area contributed by atoms with Gasteiger partial charge in [0, 0.05) is 56.6 Å². The van der Waals surface area contributed by atoms with Crippen LogP contribution in [0.4, 0.5) is 5.69 Å². The third-order valence-corrected chi connectivity index (χ3v) is 7.17. The van der Waals surface area contributed by atoms with E-state index in [0.29, 0.717) is 12.4 Å². The van der Waals surface area contributed by atoms with E-state index in [0.717, 1.165) is 66.4 Å². The number of benzene rings is 2. The van der Waals surface area contributed by atoms with E-state index in [2.05, 4.69) is 96.8 Å². The van der Waals surface area contributed by atoms with Crippen molar-refractivity contribution in [2.75, 3.05) is 44.2 Å². The van der Waals surface area contributed by atoms with Crippen molar-refractivity contribution in [2.45, 2.75) is 33.1 Å². The molecule has 7 nitrogen and oxygen atoms in total. The Labute approximate surface area is 213 Å². The second-order valence-corrected chi connectivity index (χ2v) is 10.7. The summed E-state index contributed by atoms with van der Waals surface area (Å²) in [4.78, 5) is 27.7. The lowest BCUT2D eigenvalue weighted by molar-refractivity contribution is -0.118. The van der Waals surface area contributed by atoms with Crippen molar-refractivity contribution in [2.24, 2.45) is 0 Å². The number of aromatic amines is 1. The molecule has 36 heavy (non-hydrogen) atoms. The molecule has 2 N–H and O–H groups in total. The molecule has 1 fully saturated rings. The lowest BCUT2D eigenvalue weighted by Gasteiger charge is -2.37. The van der Waals surface area contributed by atoms with Crippen molar-refractivity contribution < 1.29 is 4.79 Å². The molecule has 2 aliphatic heterocycles. The Bertz CT molecular complexity index is 1310. The number of piperazine rings is 1. The largest absolute Gasteiger partial charge is 0.367 e. The molecule has 0 bridgehead atoms. The molecule has 2 aromatic carbocycles. The average Bonchev–Trinajstić information content (AvgIpc) is 3.30. The van der Waals surface area contributed by atoms with Gasteiger partial charge in [-0.2, -0.15) is 0 Å². The Morgan fingerprint density at radius 1 is 1.03 bits per heavy atom. The number of rotatable bonds is 5. The first kappa shape index (κ1) is 24.1. The summed E-state index contributed by atoms with van der Waals surface area (Å²) in [5.74, 6) is 1.50. The zero-order valence-electron chi connectivity index (χ0n) is 21.8. The number of hydrogen-bond donors (Lipinski definition) is 2. The number of para-hydroxylation sites is 1. The van der Waals surface area contributed by atoms with Crippen molar-refractivity contribution in [3.8, 4) is 11.4 Å². The van der Waals surface area contributed by atoms with Gasteiger partial charge in [0.05, 0.1) is 11.2 Å². The smallest absolute Gasteiger partial charge is 0.255 e. The fourth-order valence-corrected chi connectivity index (χ4v) is 4.93. The Morgan fingerprint density at radius 3 is 2.42 bits per heavy atom. The van der Waals surface area contributed by atoms with E-state index in [1.807, 2.05) is 11.1 Å². The minimum absolute atomic E-state index is 0.0449. The second kappa shape index (κ2) is 9.47. The summed E-state index contributed by atoms with van der Waals surface area (Å²) >= 11 is 0. The minimum atomic E-state index is -0.0449. The maximum Gasteiger partial charge on any atom is 0.255 e. The summed E-state index contributed by atoms with van der Waals surface area (Å²) in [5, 5.41) is 2.88. The predicted octanol–water partition coefficient (Wildman–Crippen LogP) is 4.46. The summed E-state index contributed by atoms with van der Waals surface area (Å²) in [5.41, 5.74) is 6.54. The van der Waals surface area contributed by atoms with Gasteiger partial charge in [-0.05, 0) is 30.0 Å². The van der Waals surface area contributed by atoms with Gasteiger partial charge in [0.1, 0.15) is 17.2 Å². The van der Waals surface area contributed by atoms with Crippen LogP contribution < -0.4 is 10.2 Å². The number of anilines is 1. The zero-order valence-corrected chi connectivity index (χ0v) is 21.8. The molecule has 0 atom stereocenters. The molecule has 0 saturated carbocycles. The van der Waals surface area contributed by atoms with Gasteiger partial charge in [-0.3, -0.25) is 9.69 Å². The van der Waals surface area contributed by atoms with Crippen LogP contribution in [0.3, 0.4) is 0 Å². The molecule has 3 aromatic rings. The number of hydrogen-bond acceptors (Lipinski definition) is 5. The number of nitrogens with one attached hydrogen (secondary N) is 2. The van der Waals surface area contributed by atoms with Crippen molar-refractivity contribution in [1.82, 2.24) is 25.1 Å². The molecule has 1 aromatic heterocycles. The van der Waals surface area contributed by atoms with Gasteiger partial charge in [0.2, 0.25) is 0 Å². The Hall–Kier alpha value is -3.58. The molecule has 188 valence electrons. The van der Waals surface area contributed by atoms with Gasteiger partial charge < -0.3 is 20.1 Å². The topological polar surface area (TPSA) is 67.5 Å². The standard InChI is InChI=1S/C29H36N6O/c1-6-34-19-22(28(36)30-20(34)2)18-33-14-16-35(17-15-33)25-9-7-8-24-26(25)32-27(31-24)21-10-12-23(13-11-21)29(3,4)5/h7-13,19H,2,6,14-18H2,1,3-5H3,(H,30,36)(H,31,32). The summed E-state index contributed by atoms with van der Waals surface area (Å²) in [7, 11) is 0. The molecule has 0 spiro atoms. The maximum atomic E-state index is 12.4. The number of carbonyl (C=O) groups excluding carboxylic acids is 1. The van der Waals surface area contributed by atoms with Crippen LogP contribution in [0.25, 0.3) is 22.4 Å². The molecule has 1 saturated heterocycles. The van der Waals surface area contributed by atoms with E-state index in [1.54, 1.807) is 0 Å². The van der Waals surface area contributed by atoms with E-state index in [-0.39, 0.29) is 11.3 Å². The minimum Gasteiger partial charge on any atom is -0.367 e. The number of H-pyrrole nitrogens is 1. The number of nitrogens with zero attached hydrogens (tertiary/aromatic N) is 4. The van der Waals surface area contributed by atoms with Crippen molar-refractivity contribution >= 4 is 22.6 Å². The van der Waals surface area contributed by atoms with Crippen molar-refractivity contribution in [3.05, 3.63) is 72.2 Å². The molecular weight excluding hydrogens is 448 g/mol. The quantitative estimate of drug-likeness (QED) is 0.560. The first-order valence-electron chi connectivity index (χ1n) is 12.8. The van der Waals surface area contributed by atoms with E-state index >= 15 is 0 Å². The summed E-state index contributed by atoms with van der Waals surface area (Å²) in [6, 6.07) is 15.0. The van der Waals surface area contributed by atoms with Gasteiger partial charge in [-0.25, -0.2) is 4.98 Å². The lowest BCUT2D eigenvalue weighted by Crippen LogP contribution is -2.49. The number of imidazole rings is 1. The highest BCUT2D eigenvalue weighted by Gasteiger charge is 2.25. The second-order valence-electron chi connectivity index (χ2n) is 10.7. The van der Waals surface area contributed by atoms with E-state index < -0.39 is 0 Å². The Balaban J connectivity index is 1.30. The Morgan fingerprint density at radius 2 is 1.75 bits per heavy atom. The van der Waals surface area contributed by atoms with Crippen molar-refractivity contribution in [3.63, 3.8) is 0 Å². The van der Waals surface area contributed by atoms with E-state index in [4.69, 9.17) is 4.98 Å². The van der Waals surface area contributed by atoms with E-state index in [9.17, 15) is 4.79 Å². The summed E-state index contributed by atoms with van der Waals surface area (Å²) in [6.45, 7) is 17.6. The van der Waals surface area contributed by atoms with Crippen LogP contribution in [0.5, 0.6) is 0 Å². The number of fused-ring (bicyclic) bond motifs is 1. The van der Waals surface area contributed by atoms with Gasteiger partial charge >= 0.3 is 0 Å². The first-order valence-corrected chi connectivity index (χ1v) is 12.8. The zero-order chi connectivity index (χ0) is 25.4. The highest BCUT2D eigenvalue weighted by molar-refractivity contribution is 5.96. The Kier molecular flexibility index (Phi) is 6.35. The number of aromatic nitrogens is 2. The van der Waals surface area contributed by atoms with Crippen LogP contribution in [0.15, 0.2) is 66.6 Å². The molecule has 0 radical (unpaired) electrons. The molecule has 3 heterocycles. The maximum absolute atomic E-state index is 12.4. The van der Waals surface area contributed by atoms with E-state index in [1.165, 1.54) is 5.56 Å². The molecule has 7 heteroatoms. The van der Waals surface area contributed by atoms with Crippen LogP contribution in [-0.4, -0.2) is 64.9 Å². The molecule has 0 unspecified atom stereocenters. The van der Waals surface area contributed by atoms with Crippen LogP contribution in [0, 0.1) is 0 Å². The normalized spacial score (nSPS) is 17.5. The fraction of sp³-hybridized carbons (Fsp3) is 0.379. The molecule has 0 aliphatic carbocycles. The first-order chi connectivity index (χ1) is 17.2.